The zero-order chi connectivity index (χ0) is 24.6. The number of rotatable bonds is 1. The SMILES string of the molecule is CC1=[C-]C(C)C=C1C(C)C.[CH2-]C.[CH2]=[Zr].[c-]1cccc2c1Cc1ccccc1-2.[c-]1ccccc1. The van der Waals surface area contributed by atoms with E-state index in [-0.39, 0.29) is 0 Å². The van der Waals surface area contributed by atoms with E-state index in [1.54, 1.807) is 6.92 Å². The van der Waals surface area contributed by atoms with Gasteiger partial charge in [0.25, 0.3) is 0 Å². The van der Waals surface area contributed by atoms with Crippen molar-refractivity contribution in [3.05, 3.63) is 126 Å². The van der Waals surface area contributed by atoms with Gasteiger partial charge in [0.15, 0.2) is 0 Å². The summed E-state index contributed by atoms with van der Waals surface area (Å²) in [5.41, 5.74) is 8.34. The van der Waals surface area contributed by atoms with Crippen molar-refractivity contribution in [1.29, 1.82) is 0 Å². The summed E-state index contributed by atoms with van der Waals surface area (Å²) in [6.07, 6.45) is 6.73. The van der Waals surface area contributed by atoms with Gasteiger partial charge in [-0.3, -0.25) is 6.08 Å². The second-order valence-corrected chi connectivity index (χ2v) is 7.81. The van der Waals surface area contributed by atoms with Gasteiger partial charge in [-0.05, 0) is 6.42 Å². The van der Waals surface area contributed by atoms with Crippen LogP contribution in [0, 0.1) is 37.0 Å². The van der Waals surface area contributed by atoms with E-state index in [1.165, 1.54) is 57.6 Å². The Hall–Kier alpha value is -2.11. The molecule has 0 saturated heterocycles. The van der Waals surface area contributed by atoms with Crippen LogP contribution in [0.3, 0.4) is 0 Å². The van der Waals surface area contributed by atoms with E-state index in [4.69, 9.17) is 0 Å². The topological polar surface area (TPSA) is 0 Å². The third-order valence-electron chi connectivity index (χ3n) is 5.15. The first-order valence-corrected chi connectivity index (χ1v) is 13.2. The molecule has 0 heterocycles. The summed E-state index contributed by atoms with van der Waals surface area (Å²) in [4.78, 5) is 0. The van der Waals surface area contributed by atoms with Crippen LogP contribution in [0.4, 0.5) is 0 Å². The van der Waals surface area contributed by atoms with E-state index in [9.17, 15) is 0 Å². The Bertz CT molecular complexity index is 926. The first kappa shape index (κ1) is 28.9. The van der Waals surface area contributed by atoms with Gasteiger partial charge < -0.3 is 6.92 Å². The molecule has 0 spiro atoms. The molecule has 1 atom stereocenters. The van der Waals surface area contributed by atoms with Crippen molar-refractivity contribution < 1.29 is 24.2 Å². The molecule has 0 aliphatic heterocycles. The van der Waals surface area contributed by atoms with Crippen molar-refractivity contribution in [3.8, 4) is 11.1 Å². The first-order chi connectivity index (χ1) is 16.1. The molecular weight excluding hydrogens is 476 g/mol. The second kappa shape index (κ2) is 16.5. The molecule has 172 valence electrons. The third kappa shape index (κ3) is 9.34. The normalized spacial score (nSPS) is 14.2. The van der Waals surface area contributed by atoms with E-state index in [2.05, 4.69) is 99.5 Å². The van der Waals surface area contributed by atoms with E-state index in [0.29, 0.717) is 11.8 Å². The minimum atomic E-state index is 0.539. The van der Waals surface area contributed by atoms with Crippen molar-refractivity contribution in [3.63, 3.8) is 0 Å². The van der Waals surface area contributed by atoms with Crippen molar-refractivity contribution in [1.82, 2.24) is 0 Å². The standard InChI is InChI=1S/C13H9.C10H15.C6H5.C2H5.CH2.Zr/c1-3-7-12-10(5-1)9-11-6-2-4-8-13(11)12;1-7(2)10-6-8(3)5-9(10)4;1-2-4-6-5-3-1;1-2;;/h1-5,7-8H,9H2;6-8H,1-4H3;1-5H;1H2,2H3;1H2;/q4*-1;;. The maximum absolute atomic E-state index is 3.37. The van der Waals surface area contributed by atoms with Gasteiger partial charge in [0.1, 0.15) is 0 Å². The van der Waals surface area contributed by atoms with Crippen molar-refractivity contribution in [2.24, 2.45) is 11.8 Å². The molecule has 0 nitrogen and oxygen atoms in total. The van der Waals surface area contributed by atoms with Crippen molar-refractivity contribution in [2.75, 3.05) is 0 Å². The zero-order valence-corrected chi connectivity index (χ0v) is 23.2. The minimum Gasteiger partial charge on any atom is -0.184 e. The van der Waals surface area contributed by atoms with Crippen LogP contribution in [0.2, 0.25) is 0 Å². The van der Waals surface area contributed by atoms with Gasteiger partial charge >= 0.3 is 28.4 Å². The third-order valence-corrected chi connectivity index (χ3v) is 5.15. The van der Waals surface area contributed by atoms with Crippen LogP contribution in [0.15, 0.2) is 90.0 Å². The molecule has 0 amide bonds. The Morgan fingerprint density at radius 1 is 0.909 bits per heavy atom. The number of allylic oxidation sites excluding steroid dienone is 4. The molecule has 0 aromatic heterocycles. The van der Waals surface area contributed by atoms with Crippen LogP contribution in [0.25, 0.3) is 11.1 Å². The molecule has 1 unspecified atom stereocenters. The first-order valence-electron chi connectivity index (χ1n) is 11.4. The molecule has 5 rings (SSSR count). The van der Waals surface area contributed by atoms with Gasteiger partial charge in [-0.25, -0.2) is 5.57 Å². The Balaban J connectivity index is 0.000000243. The van der Waals surface area contributed by atoms with E-state index in [1.807, 2.05) is 36.4 Å². The summed E-state index contributed by atoms with van der Waals surface area (Å²) in [7, 11) is 0. The van der Waals surface area contributed by atoms with E-state index in [0.717, 1.165) is 6.42 Å². The van der Waals surface area contributed by atoms with Crippen LogP contribution in [-0.2, 0) is 30.7 Å². The van der Waals surface area contributed by atoms with Gasteiger partial charge in [-0.2, -0.15) is 84.8 Å². The molecule has 0 N–H and O–H groups in total. The molecule has 3 aromatic rings. The van der Waals surface area contributed by atoms with Crippen LogP contribution < -0.4 is 0 Å². The number of benzene rings is 3. The largest absolute Gasteiger partial charge is 0.184 e. The average molecular weight is 512 g/mol. The minimum absolute atomic E-state index is 0.539. The van der Waals surface area contributed by atoms with Crippen molar-refractivity contribution in [2.45, 2.75) is 41.0 Å². The summed E-state index contributed by atoms with van der Waals surface area (Å²) >= 11 is 1.30. The summed E-state index contributed by atoms with van der Waals surface area (Å²) < 4.78 is 3.34. The second-order valence-electron chi connectivity index (χ2n) is 7.81. The molecule has 0 fully saturated rings. The monoisotopic (exact) mass is 510 g/mol. The molecule has 0 radical (unpaired) electrons. The predicted octanol–water partition coefficient (Wildman–Crippen LogP) is 8.32. The molecule has 33 heavy (non-hydrogen) atoms. The zero-order valence-electron chi connectivity index (χ0n) is 20.8. The molecule has 1 heteroatoms. The fourth-order valence-electron chi connectivity index (χ4n) is 3.83. The van der Waals surface area contributed by atoms with E-state index >= 15 is 0 Å². The Morgan fingerprint density at radius 3 is 2.03 bits per heavy atom. The molecule has 0 bridgehead atoms. The van der Waals surface area contributed by atoms with Crippen LogP contribution in [-0.4, -0.2) is 4.21 Å². The van der Waals surface area contributed by atoms with Gasteiger partial charge in [-0.1, -0.05) is 74.9 Å². The van der Waals surface area contributed by atoms with Crippen LogP contribution in [0.1, 0.15) is 45.7 Å². The van der Waals surface area contributed by atoms with Crippen LogP contribution >= 0.6 is 0 Å². The summed E-state index contributed by atoms with van der Waals surface area (Å²) in [5.74, 6) is 1.20. The van der Waals surface area contributed by atoms with Gasteiger partial charge in [0.2, 0.25) is 0 Å². The van der Waals surface area contributed by atoms with Crippen LogP contribution in [0.5, 0.6) is 0 Å². The van der Waals surface area contributed by atoms with Gasteiger partial charge in [0, 0.05) is 0 Å². The fraction of sp³-hybridized carbons (Fsp3) is 0.250. The number of hydrogen-bond donors (Lipinski definition) is 0. The van der Waals surface area contributed by atoms with Gasteiger partial charge in [0.05, 0.1) is 0 Å². The average Bonchev–Trinajstić information content (AvgIpc) is 3.42. The van der Waals surface area contributed by atoms with Gasteiger partial charge in [-0.15, -0.1) is 5.56 Å². The quantitative estimate of drug-likeness (QED) is 0.225. The summed E-state index contributed by atoms with van der Waals surface area (Å²) in [6.45, 7) is 13.8. The molecule has 2 aliphatic carbocycles. The Kier molecular flexibility index (Phi) is 14.5. The molecule has 0 saturated carbocycles. The fourth-order valence-corrected chi connectivity index (χ4v) is 3.83. The summed E-state index contributed by atoms with van der Waals surface area (Å²) in [6, 6.07) is 30.6. The maximum Gasteiger partial charge on any atom is -0.0253 e. The maximum atomic E-state index is 3.37. The Morgan fingerprint density at radius 2 is 1.55 bits per heavy atom. The summed E-state index contributed by atoms with van der Waals surface area (Å²) in [5, 5.41) is 0. The van der Waals surface area contributed by atoms with Crippen molar-refractivity contribution >= 4 is 4.21 Å². The molecule has 2 aliphatic rings. The Labute approximate surface area is 217 Å². The smallest absolute Gasteiger partial charge is 0.0253 e. The molecule has 3 aromatic carbocycles. The number of fused-ring (bicyclic) bond motifs is 3. The predicted molar refractivity (Wildman–Crippen MR) is 141 cm³/mol. The van der Waals surface area contributed by atoms with E-state index < -0.39 is 0 Å². The number of hydrogen-bond acceptors (Lipinski definition) is 0. The molecular formula is C32H36Zr-4.